The van der Waals surface area contributed by atoms with Gasteiger partial charge < -0.3 is 18.6 Å². The minimum atomic E-state index is -1.07. The molecule has 0 atom stereocenters. The molecule has 0 bridgehead atoms. The summed E-state index contributed by atoms with van der Waals surface area (Å²) in [4.78, 5) is 9.58. The van der Waals surface area contributed by atoms with Gasteiger partial charge in [0, 0.05) is 57.0 Å². The van der Waals surface area contributed by atoms with E-state index in [-0.39, 0.29) is 0 Å². The van der Waals surface area contributed by atoms with Gasteiger partial charge in [0.1, 0.15) is 46.2 Å². The van der Waals surface area contributed by atoms with Gasteiger partial charge in [-0.05, 0) is 78.6 Å². The van der Waals surface area contributed by atoms with Crippen LogP contribution in [0.25, 0.3) is 43.5 Å². The molecule has 6 heterocycles. The van der Waals surface area contributed by atoms with Gasteiger partial charge in [0.15, 0.2) is 10.0 Å². The highest BCUT2D eigenvalue weighted by molar-refractivity contribution is 9.10. The van der Waals surface area contributed by atoms with Crippen LogP contribution in [0.2, 0.25) is 51.4 Å². The maximum atomic E-state index is 5.90. The van der Waals surface area contributed by atoms with Crippen molar-refractivity contribution in [3.8, 4) is 21.4 Å². The van der Waals surface area contributed by atoms with Crippen molar-refractivity contribution in [3.63, 3.8) is 0 Å². The highest BCUT2D eigenvalue weighted by Gasteiger charge is 2.16. The van der Waals surface area contributed by atoms with Gasteiger partial charge in [-0.2, -0.15) is 0 Å². The van der Waals surface area contributed by atoms with Crippen molar-refractivity contribution in [2.24, 2.45) is 0 Å². The summed E-state index contributed by atoms with van der Waals surface area (Å²) in [5.74, 6) is 0. The quantitative estimate of drug-likeness (QED) is 0.0893. The van der Waals surface area contributed by atoms with Crippen LogP contribution in [0.15, 0.2) is 41.1 Å². The van der Waals surface area contributed by atoms with Gasteiger partial charge in [-0.3, -0.25) is 0 Å². The molecule has 0 amide bonds. The van der Waals surface area contributed by atoms with Crippen molar-refractivity contribution < 1.29 is 9.47 Å². The Bertz CT molecular complexity index is 1850. The molecule has 0 aliphatic heterocycles. The summed E-state index contributed by atoms with van der Waals surface area (Å²) < 4.78 is 16.9. The molecule has 0 aliphatic rings. The lowest BCUT2D eigenvalue weighted by Crippen LogP contribution is -2.22. The molecular formula is C33H45BrN8O2S2Si2. The van der Waals surface area contributed by atoms with Crippen LogP contribution in [0.1, 0.15) is 15.6 Å². The van der Waals surface area contributed by atoms with E-state index in [9.17, 15) is 0 Å². The number of pyridine rings is 2. The predicted octanol–water partition coefficient (Wildman–Crippen LogP) is 9.42. The molecule has 6 aromatic heterocycles. The van der Waals surface area contributed by atoms with Crippen LogP contribution < -0.4 is 0 Å². The molecule has 10 nitrogen and oxygen atoms in total. The van der Waals surface area contributed by atoms with E-state index in [2.05, 4.69) is 105 Å². The maximum absolute atomic E-state index is 5.90. The van der Waals surface area contributed by atoms with Gasteiger partial charge in [0.2, 0.25) is 0 Å². The van der Waals surface area contributed by atoms with Crippen LogP contribution in [0.5, 0.6) is 0 Å². The Labute approximate surface area is 301 Å². The van der Waals surface area contributed by atoms with Crippen molar-refractivity contribution in [3.05, 3.63) is 56.7 Å². The number of aryl methyl sites for hydroxylation is 3. The molecule has 0 N–H and O–H groups in total. The summed E-state index contributed by atoms with van der Waals surface area (Å²) >= 11 is 6.73. The lowest BCUT2D eigenvalue weighted by Gasteiger charge is -2.15. The third-order valence-corrected chi connectivity index (χ3v) is 13.3. The number of ether oxygens (including phenoxy) is 2. The number of fused-ring (bicyclic) bond motifs is 2. The second-order valence-corrected chi connectivity index (χ2v) is 28.8. The number of rotatable bonds is 12. The van der Waals surface area contributed by atoms with Gasteiger partial charge in [-0.1, -0.05) is 62.0 Å². The minimum Gasteiger partial charge on any atom is -0.361 e. The van der Waals surface area contributed by atoms with Crippen LogP contribution in [0.3, 0.4) is 0 Å². The highest BCUT2D eigenvalue weighted by atomic mass is 79.9. The fourth-order valence-corrected chi connectivity index (χ4v) is 8.17. The smallest absolute Gasteiger partial charge is 0.166 e. The Morgan fingerprint density at radius 2 is 1.10 bits per heavy atom. The normalized spacial score (nSPS) is 12.2. The van der Waals surface area contributed by atoms with E-state index in [1.54, 1.807) is 22.7 Å². The molecule has 15 heteroatoms. The fraction of sp³-hybridized carbons (Fsp3) is 0.455. The molecule has 48 heavy (non-hydrogen) atoms. The first-order valence-corrected chi connectivity index (χ1v) is 25.9. The second-order valence-electron chi connectivity index (χ2n) is 14.3. The number of nitrogens with zero attached hydrogens (tertiary/aromatic N) is 8. The monoisotopic (exact) mass is 784 g/mol. The Kier molecular flexibility index (Phi) is 11.8. The molecule has 0 saturated carbocycles. The fourth-order valence-electron chi connectivity index (χ4n) is 4.78. The van der Waals surface area contributed by atoms with Crippen molar-refractivity contribution in [2.45, 2.75) is 85.6 Å². The molecular weight excluding hydrogens is 741 g/mol. The van der Waals surface area contributed by atoms with Gasteiger partial charge in [-0.15, -0.1) is 20.4 Å². The van der Waals surface area contributed by atoms with Crippen LogP contribution in [0, 0.1) is 20.8 Å². The van der Waals surface area contributed by atoms with E-state index in [0.29, 0.717) is 13.5 Å². The van der Waals surface area contributed by atoms with E-state index < -0.39 is 16.1 Å². The summed E-state index contributed by atoms with van der Waals surface area (Å²) in [6.07, 6.45) is 4.14. The highest BCUT2D eigenvalue weighted by Crippen LogP contribution is 2.30. The SMILES string of the molecule is Cc1nnc(-c2ccc3c(Br)cn(COCC[Si](C)(C)C)c3n2)s1.Cc1nnc(-c2ccc3c(C)cn(COCC[Si](C)(C)C)c3n2)s1. The van der Waals surface area contributed by atoms with E-state index in [0.717, 1.165) is 77.2 Å². The van der Waals surface area contributed by atoms with E-state index >= 15 is 0 Å². The number of hydrogen-bond donors (Lipinski definition) is 0. The zero-order chi connectivity index (χ0) is 34.6. The molecule has 256 valence electrons. The molecule has 0 unspecified atom stereocenters. The number of aromatic nitrogens is 8. The first kappa shape index (κ1) is 36.6. The Balaban J connectivity index is 0.000000188. The van der Waals surface area contributed by atoms with Crippen molar-refractivity contribution in [1.82, 2.24) is 39.5 Å². The van der Waals surface area contributed by atoms with Crippen molar-refractivity contribution >= 4 is 76.8 Å². The van der Waals surface area contributed by atoms with Crippen LogP contribution in [-0.2, 0) is 22.9 Å². The summed E-state index contributed by atoms with van der Waals surface area (Å²) in [6.45, 7) is 22.8. The zero-order valence-electron chi connectivity index (χ0n) is 29.3. The van der Waals surface area contributed by atoms with E-state index in [1.165, 1.54) is 11.6 Å². The van der Waals surface area contributed by atoms with Gasteiger partial charge in [-0.25, -0.2) is 9.97 Å². The van der Waals surface area contributed by atoms with Gasteiger partial charge in [0.05, 0.1) is 0 Å². The van der Waals surface area contributed by atoms with Crippen molar-refractivity contribution in [1.29, 1.82) is 0 Å². The lowest BCUT2D eigenvalue weighted by atomic mass is 10.2. The second kappa shape index (κ2) is 15.5. The maximum Gasteiger partial charge on any atom is 0.166 e. The largest absolute Gasteiger partial charge is 0.361 e. The molecule has 0 saturated heterocycles. The van der Waals surface area contributed by atoms with E-state index in [4.69, 9.17) is 19.4 Å². The average molecular weight is 786 g/mol. The predicted molar refractivity (Wildman–Crippen MR) is 207 cm³/mol. The molecule has 6 rings (SSSR count). The molecule has 0 aromatic carbocycles. The molecule has 0 spiro atoms. The summed E-state index contributed by atoms with van der Waals surface area (Å²) in [5, 5.41) is 22.4. The summed E-state index contributed by atoms with van der Waals surface area (Å²) in [6, 6.07) is 10.5. The van der Waals surface area contributed by atoms with Crippen LogP contribution in [0.4, 0.5) is 0 Å². The topological polar surface area (TPSA) is 106 Å². The molecule has 0 fully saturated rings. The molecule has 6 aromatic rings. The summed E-state index contributed by atoms with van der Waals surface area (Å²) in [5.41, 5.74) is 4.79. The van der Waals surface area contributed by atoms with Crippen LogP contribution in [-0.4, -0.2) is 68.9 Å². The Morgan fingerprint density at radius 3 is 1.56 bits per heavy atom. The first-order valence-electron chi connectivity index (χ1n) is 16.1. The van der Waals surface area contributed by atoms with Crippen molar-refractivity contribution in [2.75, 3.05) is 13.2 Å². The first-order chi connectivity index (χ1) is 22.7. The summed E-state index contributed by atoms with van der Waals surface area (Å²) in [7, 11) is -2.13. The Hall–Kier alpha value is -2.67. The zero-order valence-corrected chi connectivity index (χ0v) is 34.5. The standard InChI is InChI=1S/C17H24N4OSSi.C16H21BrN4OSSi/c1-12-10-21(11-22-8-9-24(3,4)5)16-14(12)6-7-15(18-16)17-20-19-13(2)23-17;1-11-19-20-16(23-11)14-6-5-12-13(17)9-21(15(12)18-14)10-22-7-8-24(2,3)4/h6-7,10H,8-9,11H2,1-5H3;5-6,9H,7-8,10H2,1-4H3. The molecule has 0 aliphatic carbocycles. The third kappa shape index (κ3) is 9.73. The van der Waals surface area contributed by atoms with Gasteiger partial charge in [0.25, 0.3) is 0 Å². The lowest BCUT2D eigenvalue weighted by molar-refractivity contribution is 0.0897. The number of hydrogen-bond acceptors (Lipinski definition) is 10. The Morgan fingerprint density at radius 1 is 0.646 bits per heavy atom. The minimum absolute atomic E-state index is 0.512. The number of halogens is 1. The van der Waals surface area contributed by atoms with Gasteiger partial charge >= 0.3 is 0 Å². The average Bonchev–Trinajstić information content (AvgIpc) is 3.79. The molecule has 0 radical (unpaired) electrons. The van der Waals surface area contributed by atoms with Crippen LogP contribution >= 0.6 is 38.6 Å². The third-order valence-electron chi connectivity index (χ3n) is 7.54. The van der Waals surface area contributed by atoms with E-state index in [1.807, 2.05) is 36.7 Å².